The van der Waals surface area contributed by atoms with Gasteiger partial charge in [0.15, 0.2) is 0 Å². The first kappa shape index (κ1) is 24.0. The average molecular weight is 513 g/mol. The van der Waals surface area contributed by atoms with Crippen molar-refractivity contribution in [1.29, 1.82) is 5.26 Å². The van der Waals surface area contributed by atoms with E-state index in [9.17, 15) is 4.79 Å². The van der Waals surface area contributed by atoms with E-state index in [1.807, 2.05) is 48.7 Å². The molecule has 0 spiro atoms. The summed E-state index contributed by atoms with van der Waals surface area (Å²) in [6.07, 6.45) is 7.03. The molecule has 6 rings (SSSR count). The van der Waals surface area contributed by atoms with Gasteiger partial charge in [0.1, 0.15) is 11.6 Å². The van der Waals surface area contributed by atoms with Gasteiger partial charge in [-0.15, -0.1) is 0 Å². The molecule has 0 radical (unpaired) electrons. The minimum absolute atomic E-state index is 0.258. The minimum Gasteiger partial charge on any atom is -0.352 e. The van der Waals surface area contributed by atoms with E-state index in [0.717, 1.165) is 60.0 Å². The van der Waals surface area contributed by atoms with Gasteiger partial charge in [0.25, 0.3) is 5.91 Å². The number of anilines is 3. The Morgan fingerprint density at radius 2 is 1.56 bits per heavy atom. The van der Waals surface area contributed by atoms with Crippen LogP contribution in [0, 0.1) is 11.3 Å². The Morgan fingerprint density at radius 3 is 2.31 bits per heavy atom. The number of carbonyl (C=O) groups is 1. The van der Waals surface area contributed by atoms with Gasteiger partial charge in [0, 0.05) is 49.8 Å². The van der Waals surface area contributed by atoms with Gasteiger partial charge in [-0.3, -0.25) is 14.8 Å². The van der Waals surface area contributed by atoms with Crippen molar-refractivity contribution in [2.45, 2.75) is 0 Å². The topological polar surface area (TPSA) is 111 Å². The van der Waals surface area contributed by atoms with Crippen LogP contribution < -0.4 is 15.1 Å². The highest BCUT2D eigenvalue weighted by Gasteiger charge is 2.20. The van der Waals surface area contributed by atoms with Crippen molar-refractivity contribution in [3.8, 4) is 17.2 Å². The number of nitriles is 1. The largest absolute Gasteiger partial charge is 0.352 e. The first-order valence-corrected chi connectivity index (χ1v) is 12.6. The number of amides is 1. The standard InChI is InChI=1S/C30H24N8O/c31-18-21-2-1-3-24(16-21)30(39)35-25-7-4-22(5-8-25)23-6-9-26-27(17-23)36-29(20-34-26)38-14-12-37(13-15-38)28-19-32-10-11-33-28/h1-11,16-17,19-20H,12-15H2,(H,35,39). The van der Waals surface area contributed by atoms with Gasteiger partial charge in [-0.2, -0.15) is 5.26 Å². The molecule has 1 saturated heterocycles. The molecule has 39 heavy (non-hydrogen) atoms. The van der Waals surface area contributed by atoms with Crippen LogP contribution >= 0.6 is 0 Å². The third kappa shape index (κ3) is 5.22. The maximum absolute atomic E-state index is 12.6. The van der Waals surface area contributed by atoms with Crippen LogP contribution in [0.1, 0.15) is 15.9 Å². The van der Waals surface area contributed by atoms with Crippen molar-refractivity contribution >= 4 is 34.3 Å². The zero-order chi connectivity index (χ0) is 26.6. The van der Waals surface area contributed by atoms with E-state index in [4.69, 9.17) is 10.2 Å². The molecule has 3 aromatic carbocycles. The van der Waals surface area contributed by atoms with Crippen LogP contribution in [0.2, 0.25) is 0 Å². The van der Waals surface area contributed by atoms with E-state index in [0.29, 0.717) is 16.8 Å². The quantitative estimate of drug-likeness (QED) is 0.366. The lowest BCUT2D eigenvalue weighted by atomic mass is 10.0. The zero-order valence-electron chi connectivity index (χ0n) is 21.0. The monoisotopic (exact) mass is 512 g/mol. The molecule has 0 aliphatic carbocycles. The number of benzene rings is 3. The summed E-state index contributed by atoms with van der Waals surface area (Å²) in [7, 11) is 0. The fraction of sp³-hybridized carbons (Fsp3) is 0.133. The van der Waals surface area contributed by atoms with E-state index in [1.165, 1.54) is 0 Å². The molecule has 2 aromatic heterocycles. The summed E-state index contributed by atoms with van der Waals surface area (Å²) in [5.74, 6) is 1.49. The molecule has 3 heterocycles. The maximum Gasteiger partial charge on any atom is 0.255 e. The molecule has 0 saturated carbocycles. The van der Waals surface area contributed by atoms with Gasteiger partial charge in [0.2, 0.25) is 0 Å². The van der Waals surface area contributed by atoms with Crippen molar-refractivity contribution in [1.82, 2.24) is 19.9 Å². The molecule has 9 heteroatoms. The van der Waals surface area contributed by atoms with Crippen LogP contribution in [0.3, 0.4) is 0 Å². The second-order valence-corrected chi connectivity index (χ2v) is 9.19. The van der Waals surface area contributed by atoms with Crippen molar-refractivity contribution in [3.05, 3.63) is 103 Å². The Morgan fingerprint density at radius 1 is 0.795 bits per heavy atom. The molecule has 1 fully saturated rings. The number of nitrogens with zero attached hydrogens (tertiary/aromatic N) is 7. The minimum atomic E-state index is -0.258. The van der Waals surface area contributed by atoms with Crippen molar-refractivity contribution in [2.75, 3.05) is 41.3 Å². The first-order chi connectivity index (χ1) is 19.2. The Bertz CT molecular complexity index is 1670. The smallest absolute Gasteiger partial charge is 0.255 e. The maximum atomic E-state index is 12.6. The number of aromatic nitrogens is 4. The third-order valence-electron chi connectivity index (χ3n) is 6.74. The van der Waals surface area contributed by atoms with Crippen LogP contribution in [0.25, 0.3) is 22.2 Å². The second-order valence-electron chi connectivity index (χ2n) is 9.19. The molecule has 0 atom stereocenters. The Labute approximate surface area is 225 Å². The Kier molecular flexibility index (Phi) is 6.50. The number of nitrogens with one attached hydrogen (secondary N) is 1. The number of hydrogen-bond donors (Lipinski definition) is 1. The fourth-order valence-electron chi connectivity index (χ4n) is 4.63. The predicted molar refractivity (Wildman–Crippen MR) is 151 cm³/mol. The molecule has 1 N–H and O–H groups in total. The van der Waals surface area contributed by atoms with Crippen LogP contribution in [0.15, 0.2) is 91.5 Å². The molecule has 9 nitrogen and oxygen atoms in total. The zero-order valence-corrected chi connectivity index (χ0v) is 21.0. The summed E-state index contributed by atoms with van der Waals surface area (Å²) < 4.78 is 0. The molecule has 1 aliphatic heterocycles. The summed E-state index contributed by atoms with van der Waals surface area (Å²) >= 11 is 0. The SMILES string of the molecule is N#Cc1cccc(C(=O)Nc2ccc(-c3ccc4ncc(N5CCN(c6cnccn6)CC5)nc4c3)cc2)c1. The molecular weight excluding hydrogens is 488 g/mol. The third-order valence-corrected chi connectivity index (χ3v) is 6.74. The predicted octanol–water partition coefficient (Wildman–Crippen LogP) is 4.54. The lowest BCUT2D eigenvalue weighted by Crippen LogP contribution is -2.47. The fourth-order valence-corrected chi connectivity index (χ4v) is 4.63. The normalized spacial score (nSPS) is 13.2. The Hall–Kier alpha value is -5.36. The highest BCUT2D eigenvalue weighted by Crippen LogP contribution is 2.26. The summed E-state index contributed by atoms with van der Waals surface area (Å²) in [4.78, 5) is 35.2. The second kappa shape index (κ2) is 10.6. The highest BCUT2D eigenvalue weighted by molar-refractivity contribution is 6.04. The van der Waals surface area contributed by atoms with Crippen LogP contribution in [0.5, 0.6) is 0 Å². The van der Waals surface area contributed by atoms with E-state index < -0.39 is 0 Å². The van der Waals surface area contributed by atoms with E-state index in [2.05, 4.69) is 36.1 Å². The summed E-state index contributed by atoms with van der Waals surface area (Å²) in [6, 6.07) is 22.4. The van der Waals surface area contributed by atoms with Crippen molar-refractivity contribution in [3.63, 3.8) is 0 Å². The number of fused-ring (bicyclic) bond motifs is 1. The summed E-state index contributed by atoms with van der Waals surface area (Å²) in [5.41, 5.74) is 5.25. The molecule has 190 valence electrons. The molecule has 1 aliphatic rings. The average Bonchev–Trinajstić information content (AvgIpc) is 3.01. The molecule has 5 aromatic rings. The lowest BCUT2D eigenvalue weighted by Gasteiger charge is -2.35. The van der Waals surface area contributed by atoms with E-state index in [1.54, 1.807) is 42.9 Å². The van der Waals surface area contributed by atoms with Gasteiger partial charge in [-0.1, -0.05) is 24.3 Å². The Balaban J connectivity index is 1.16. The van der Waals surface area contributed by atoms with Crippen LogP contribution in [0.4, 0.5) is 17.3 Å². The number of carbonyl (C=O) groups excluding carboxylic acids is 1. The van der Waals surface area contributed by atoms with Gasteiger partial charge in [-0.25, -0.2) is 9.97 Å². The summed E-state index contributed by atoms with van der Waals surface area (Å²) in [6.45, 7) is 3.32. The van der Waals surface area contributed by atoms with Crippen molar-refractivity contribution in [2.24, 2.45) is 0 Å². The molecule has 1 amide bonds. The van der Waals surface area contributed by atoms with Gasteiger partial charge >= 0.3 is 0 Å². The number of piperazine rings is 1. The van der Waals surface area contributed by atoms with E-state index >= 15 is 0 Å². The van der Waals surface area contributed by atoms with Gasteiger partial charge < -0.3 is 15.1 Å². The van der Waals surface area contributed by atoms with Gasteiger partial charge in [0.05, 0.1) is 35.1 Å². The van der Waals surface area contributed by atoms with E-state index in [-0.39, 0.29) is 5.91 Å². The van der Waals surface area contributed by atoms with Crippen LogP contribution in [-0.2, 0) is 0 Å². The number of hydrogen-bond acceptors (Lipinski definition) is 8. The lowest BCUT2D eigenvalue weighted by molar-refractivity contribution is 0.102. The summed E-state index contributed by atoms with van der Waals surface area (Å²) in [5, 5.41) is 12.0. The van der Waals surface area contributed by atoms with Crippen molar-refractivity contribution < 1.29 is 4.79 Å². The molecule has 0 unspecified atom stereocenters. The van der Waals surface area contributed by atoms with Gasteiger partial charge in [-0.05, 0) is 53.6 Å². The molecular formula is C30H24N8O. The first-order valence-electron chi connectivity index (χ1n) is 12.6. The van der Waals surface area contributed by atoms with Crippen LogP contribution in [-0.4, -0.2) is 52.0 Å². The molecule has 0 bridgehead atoms. The highest BCUT2D eigenvalue weighted by atomic mass is 16.1. The number of rotatable bonds is 5.